The van der Waals surface area contributed by atoms with Gasteiger partial charge in [-0.1, -0.05) is 44.4 Å². The minimum Gasteiger partial charge on any atom is -0.472 e. The van der Waals surface area contributed by atoms with E-state index in [1.54, 1.807) is 18.1 Å². The standard InChI is InChI=1S/C25H38O2/c1-18(2)8-6-13-24(4)14-7-9-22-21(24)11-10-19(3)25(22,5)16-23(26)20-12-15-27-17-20/h11-12,15,17,19,22-23,26H,1,6-10,13-14,16H2,2-5H3/t19-,22-,23+,24-,25-/m0/s1. The molecule has 2 heteroatoms. The Balaban J connectivity index is 1.81. The molecule has 3 rings (SSSR count). The second-order valence-corrected chi connectivity index (χ2v) is 9.89. The molecule has 1 aromatic rings. The number of rotatable bonds is 7. The third-order valence-electron chi connectivity index (χ3n) is 7.80. The van der Waals surface area contributed by atoms with E-state index in [2.05, 4.69) is 40.3 Å². The maximum atomic E-state index is 10.9. The Kier molecular flexibility index (Phi) is 6.05. The molecule has 0 saturated heterocycles. The predicted octanol–water partition coefficient (Wildman–Crippen LogP) is 7.23. The smallest absolute Gasteiger partial charge is 0.0960 e. The van der Waals surface area contributed by atoms with Gasteiger partial charge in [0.05, 0.1) is 18.6 Å². The van der Waals surface area contributed by atoms with Gasteiger partial charge in [0, 0.05) is 5.56 Å². The van der Waals surface area contributed by atoms with E-state index in [-0.39, 0.29) is 5.41 Å². The molecule has 0 bridgehead atoms. The average Bonchev–Trinajstić information content (AvgIpc) is 3.13. The Hall–Kier alpha value is -1.28. The number of fused-ring (bicyclic) bond motifs is 1. The van der Waals surface area contributed by atoms with E-state index in [0.717, 1.165) is 24.8 Å². The first kappa shape index (κ1) is 20.5. The van der Waals surface area contributed by atoms with Crippen molar-refractivity contribution < 1.29 is 9.52 Å². The van der Waals surface area contributed by atoms with Gasteiger partial charge in [-0.15, -0.1) is 6.58 Å². The first-order valence-electron chi connectivity index (χ1n) is 10.8. The highest BCUT2D eigenvalue weighted by Crippen LogP contribution is 2.60. The van der Waals surface area contributed by atoms with Crippen molar-refractivity contribution in [1.82, 2.24) is 0 Å². The molecule has 1 fully saturated rings. The lowest BCUT2D eigenvalue weighted by atomic mass is 9.50. The van der Waals surface area contributed by atoms with E-state index in [4.69, 9.17) is 4.42 Å². The summed E-state index contributed by atoms with van der Waals surface area (Å²) in [5.41, 5.74) is 4.36. The maximum Gasteiger partial charge on any atom is 0.0960 e. The van der Waals surface area contributed by atoms with Gasteiger partial charge in [-0.25, -0.2) is 0 Å². The van der Waals surface area contributed by atoms with E-state index < -0.39 is 6.10 Å². The van der Waals surface area contributed by atoms with E-state index >= 15 is 0 Å². The number of aliphatic hydroxyl groups is 1. The lowest BCUT2D eigenvalue weighted by molar-refractivity contribution is 0.00550. The van der Waals surface area contributed by atoms with Crippen molar-refractivity contribution in [2.75, 3.05) is 0 Å². The molecule has 27 heavy (non-hydrogen) atoms. The lowest BCUT2D eigenvalue weighted by Crippen LogP contribution is -2.45. The SMILES string of the molecule is C=C(C)CCC[C@@]1(C)CCC[C@H]2C1=CC[C@H](C)[C@]2(C)C[C@@H](O)c1ccoc1. The number of furan rings is 1. The molecule has 0 spiro atoms. The summed E-state index contributed by atoms with van der Waals surface area (Å²) in [7, 11) is 0. The van der Waals surface area contributed by atoms with Gasteiger partial charge in [-0.2, -0.15) is 0 Å². The molecular formula is C25H38O2. The molecule has 0 radical (unpaired) electrons. The van der Waals surface area contributed by atoms with Crippen LogP contribution in [-0.4, -0.2) is 5.11 Å². The van der Waals surface area contributed by atoms with E-state index in [1.807, 2.05) is 6.07 Å². The monoisotopic (exact) mass is 370 g/mol. The van der Waals surface area contributed by atoms with Crippen molar-refractivity contribution in [2.24, 2.45) is 22.7 Å². The summed E-state index contributed by atoms with van der Waals surface area (Å²) in [5, 5.41) is 10.9. The average molecular weight is 371 g/mol. The largest absolute Gasteiger partial charge is 0.472 e. The van der Waals surface area contributed by atoms with Crippen molar-refractivity contribution in [1.29, 1.82) is 0 Å². The highest BCUT2D eigenvalue weighted by atomic mass is 16.3. The zero-order chi connectivity index (χ0) is 19.7. The highest BCUT2D eigenvalue weighted by Gasteiger charge is 2.49. The summed E-state index contributed by atoms with van der Waals surface area (Å²) in [4.78, 5) is 0. The molecule has 0 amide bonds. The predicted molar refractivity (Wildman–Crippen MR) is 112 cm³/mol. The van der Waals surface area contributed by atoms with Gasteiger partial charge in [0.15, 0.2) is 0 Å². The molecule has 150 valence electrons. The fourth-order valence-electron chi connectivity index (χ4n) is 5.80. The molecule has 1 saturated carbocycles. The van der Waals surface area contributed by atoms with Crippen LogP contribution in [0.2, 0.25) is 0 Å². The van der Waals surface area contributed by atoms with Gasteiger partial charge in [0.25, 0.3) is 0 Å². The Morgan fingerprint density at radius 2 is 2.19 bits per heavy atom. The van der Waals surface area contributed by atoms with Crippen molar-refractivity contribution in [3.05, 3.63) is 48.0 Å². The number of allylic oxidation sites excluding steroid dienone is 3. The Morgan fingerprint density at radius 1 is 1.41 bits per heavy atom. The fourth-order valence-corrected chi connectivity index (χ4v) is 5.80. The number of hydrogen-bond donors (Lipinski definition) is 1. The molecule has 1 heterocycles. The first-order chi connectivity index (χ1) is 12.8. The minimum absolute atomic E-state index is 0.136. The fraction of sp³-hybridized carbons (Fsp3) is 0.680. The summed E-state index contributed by atoms with van der Waals surface area (Å²) in [6.07, 6.45) is 15.0. The molecule has 2 aliphatic carbocycles. The van der Waals surface area contributed by atoms with Crippen LogP contribution in [-0.2, 0) is 0 Å². The van der Waals surface area contributed by atoms with Gasteiger partial charge in [-0.05, 0) is 80.6 Å². The Labute approximate surface area is 165 Å². The van der Waals surface area contributed by atoms with Crippen molar-refractivity contribution >= 4 is 0 Å². The minimum atomic E-state index is -0.438. The zero-order valence-corrected chi connectivity index (χ0v) is 17.8. The van der Waals surface area contributed by atoms with Crippen LogP contribution in [0.4, 0.5) is 0 Å². The van der Waals surface area contributed by atoms with E-state index in [9.17, 15) is 5.11 Å². The summed E-state index contributed by atoms with van der Waals surface area (Å²) >= 11 is 0. The summed E-state index contributed by atoms with van der Waals surface area (Å²) < 4.78 is 5.21. The van der Waals surface area contributed by atoms with E-state index in [1.165, 1.54) is 37.7 Å². The van der Waals surface area contributed by atoms with Crippen LogP contribution in [0.15, 0.2) is 46.8 Å². The molecular weight excluding hydrogens is 332 g/mol. The molecule has 1 N–H and O–H groups in total. The molecule has 0 aromatic carbocycles. The van der Waals surface area contributed by atoms with Crippen molar-refractivity contribution in [2.45, 2.75) is 85.2 Å². The number of hydrogen-bond acceptors (Lipinski definition) is 2. The topological polar surface area (TPSA) is 33.4 Å². The summed E-state index contributed by atoms with van der Waals surface area (Å²) in [6, 6.07) is 1.90. The van der Waals surface area contributed by atoms with Crippen LogP contribution >= 0.6 is 0 Å². The van der Waals surface area contributed by atoms with Crippen LogP contribution in [0.25, 0.3) is 0 Å². The van der Waals surface area contributed by atoms with Gasteiger partial charge in [0.2, 0.25) is 0 Å². The molecule has 1 aromatic heterocycles. The van der Waals surface area contributed by atoms with Gasteiger partial charge < -0.3 is 9.52 Å². The highest BCUT2D eigenvalue weighted by molar-refractivity contribution is 5.26. The van der Waals surface area contributed by atoms with Crippen LogP contribution in [0.3, 0.4) is 0 Å². The summed E-state index contributed by atoms with van der Waals surface area (Å²) in [5.74, 6) is 1.18. The second kappa shape index (κ2) is 7.99. The van der Waals surface area contributed by atoms with Crippen LogP contribution < -0.4 is 0 Å². The lowest BCUT2D eigenvalue weighted by Gasteiger charge is -2.54. The Bertz CT molecular complexity index is 671. The maximum absolute atomic E-state index is 10.9. The third-order valence-corrected chi connectivity index (χ3v) is 7.80. The molecule has 2 nitrogen and oxygen atoms in total. The molecule has 5 atom stereocenters. The first-order valence-corrected chi connectivity index (χ1v) is 10.8. The van der Waals surface area contributed by atoms with Crippen molar-refractivity contribution in [3.8, 4) is 0 Å². The van der Waals surface area contributed by atoms with Gasteiger partial charge in [0.1, 0.15) is 0 Å². The van der Waals surface area contributed by atoms with E-state index in [0.29, 0.717) is 17.3 Å². The van der Waals surface area contributed by atoms with Crippen molar-refractivity contribution in [3.63, 3.8) is 0 Å². The quantitative estimate of drug-likeness (QED) is 0.514. The Morgan fingerprint density at radius 3 is 2.85 bits per heavy atom. The molecule has 0 aliphatic heterocycles. The van der Waals surface area contributed by atoms with Gasteiger partial charge >= 0.3 is 0 Å². The normalized spacial score (nSPS) is 34.6. The molecule has 0 unspecified atom stereocenters. The summed E-state index contributed by atoms with van der Waals surface area (Å²) in [6.45, 7) is 13.5. The van der Waals surface area contributed by atoms with Gasteiger partial charge in [-0.3, -0.25) is 0 Å². The zero-order valence-electron chi connectivity index (χ0n) is 17.8. The van der Waals surface area contributed by atoms with Crippen LogP contribution in [0, 0.1) is 22.7 Å². The second-order valence-electron chi connectivity index (χ2n) is 9.89. The number of aliphatic hydroxyl groups excluding tert-OH is 1. The molecule has 2 aliphatic rings. The van der Waals surface area contributed by atoms with Crippen LogP contribution in [0.5, 0.6) is 0 Å². The third kappa shape index (κ3) is 4.11. The van der Waals surface area contributed by atoms with Crippen LogP contribution in [0.1, 0.15) is 90.7 Å².